The van der Waals surface area contributed by atoms with Gasteiger partial charge < -0.3 is 4.74 Å². The highest BCUT2D eigenvalue weighted by atomic mass is 16.5. The number of hydrogen-bond acceptors (Lipinski definition) is 1. The van der Waals surface area contributed by atoms with Gasteiger partial charge in [-0.2, -0.15) is 0 Å². The average Bonchev–Trinajstić information content (AvgIpc) is 2.75. The fraction of sp³-hybridized carbons (Fsp3) is 0.556. The van der Waals surface area contributed by atoms with E-state index in [0.717, 1.165) is 24.2 Å². The second kappa shape index (κ2) is 9.63. The molecule has 4 rings (SSSR count). The zero-order chi connectivity index (χ0) is 19.2. The van der Waals surface area contributed by atoms with Crippen LogP contribution in [0, 0.1) is 18.8 Å². The molecule has 0 spiro atoms. The largest absolute Gasteiger partial charge is 0.493 e. The van der Waals surface area contributed by atoms with E-state index < -0.39 is 0 Å². The Hall–Kier alpha value is -1.76. The molecule has 2 aliphatic rings. The number of ether oxygens (including phenoxy) is 1. The fourth-order valence-electron chi connectivity index (χ4n) is 5.20. The van der Waals surface area contributed by atoms with E-state index in [4.69, 9.17) is 4.74 Å². The zero-order valence-corrected chi connectivity index (χ0v) is 17.6. The molecule has 0 N–H and O–H groups in total. The van der Waals surface area contributed by atoms with Crippen LogP contribution < -0.4 is 4.74 Å². The molecule has 2 aromatic carbocycles. The van der Waals surface area contributed by atoms with E-state index in [1.165, 1.54) is 92.5 Å². The molecule has 1 heteroatoms. The first-order valence-electron chi connectivity index (χ1n) is 11.6. The minimum Gasteiger partial charge on any atom is -0.493 e. The molecule has 0 heterocycles. The SMILES string of the molecule is Cc1ccc(/C=C\CC2CCCCC2)c2cccc(OCC3CCCCC3)c12. The lowest BCUT2D eigenvalue weighted by Gasteiger charge is -2.22. The predicted octanol–water partition coefficient (Wildman–Crippen LogP) is 8.09. The van der Waals surface area contributed by atoms with Gasteiger partial charge in [0.25, 0.3) is 0 Å². The first-order valence-corrected chi connectivity index (χ1v) is 11.6. The van der Waals surface area contributed by atoms with Crippen molar-refractivity contribution in [3.05, 3.63) is 47.5 Å². The number of hydrogen-bond donors (Lipinski definition) is 0. The van der Waals surface area contributed by atoms with Gasteiger partial charge in [-0.15, -0.1) is 0 Å². The van der Waals surface area contributed by atoms with Crippen molar-refractivity contribution in [3.63, 3.8) is 0 Å². The fourth-order valence-corrected chi connectivity index (χ4v) is 5.20. The summed E-state index contributed by atoms with van der Waals surface area (Å²) in [4.78, 5) is 0. The maximum Gasteiger partial charge on any atom is 0.127 e. The monoisotopic (exact) mass is 376 g/mol. The van der Waals surface area contributed by atoms with Crippen LogP contribution in [0.15, 0.2) is 36.4 Å². The molecule has 0 aliphatic heterocycles. The van der Waals surface area contributed by atoms with E-state index in [0.29, 0.717) is 0 Å². The molecule has 1 nitrogen and oxygen atoms in total. The summed E-state index contributed by atoms with van der Waals surface area (Å²) in [5.74, 6) is 2.71. The predicted molar refractivity (Wildman–Crippen MR) is 121 cm³/mol. The van der Waals surface area contributed by atoms with Gasteiger partial charge in [0, 0.05) is 5.39 Å². The maximum absolute atomic E-state index is 6.37. The van der Waals surface area contributed by atoms with Crippen molar-refractivity contribution in [2.45, 2.75) is 77.6 Å². The van der Waals surface area contributed by atoms with Crippen LogP contribution >= 0.6 is 0 Å². The number of rotatable bonds is 6. The number of allylic oxidation sites excluding steroid dienone is 1. The molecule has 2 aromatic rings. The Morgan fingerprint density at radius 2 is 1.57 bits per heavy atom. The molecule has 0 radical (unpaired) electrons. The number of fused-ring (bicyclic) bond motifs is 1. The average molecular weight is 377 g/mol. The van der Waals surface area contributed by atoms with Crippen LogP contribution in [0.2, 0.25) is 0 Å². The lowest BCUT2D eigenvalue weighted by molar-refractivity contribution is 0.210. The van der Waals surface area contributed by atoms with Crippen molar-refractivity contribution in [1.29, 1.82) is 0 Å². The summed E-state index contributed by atoms with van der Waals surface area (Å²) >= 11 is 0. The molecule has 2 saturated carbocycles. The highest BCUT2D eigenvalue weighted by Crippen LogP contribution is 2.34. The van der Waals surface area contributed by atoms with Crippen LogP contribution in [0.3, 0.4) is 0 Å². The lowest BCUT2D eigenvalue weighted by atomic mass is 9.87. The third-order valence-corrected chi connectivity index (χ3v) is 6.94. The smallest absolute Gasteiger partial charge is 0.127 e. The summed E-state index contributed by atoms with van der Waals surface area (Å²) in [6.45, 7) is 3.09. The minimum atomic E-state index is 0.739. The van der Waals surface area contributed by atoms with E-state index in [1.807, 2.05) is 0 Å². The molecular weight excluding hydrogens is 340 g/mol. The van der Waals surface area contributed by atoms with E-state index in [1.54, 1.807) is 0 Å². The third-order valence-electron chi connectivity index (χ3n) is 6.94. The molecule has 0 bridgehead atoms. The topological polar surface area (TPSA) is 9.23 Å². The zero-order valence-electron chi connectivity index (χ0n) is 17.6. The Morgan fingerprint density at radius 1 is 0.857 bits per heavy atom. The van der Waals surface area contributed by atoms with Crippen LogP contribution in [-0.2, 0) is 0 Å². The first-order chi connectivity index (χ1) is 13.8. The number of benzene rings is 2. The van der Waals surface area contributed by atoms with Crippen LogP contribution in [0.1, 0.15) is 81.8 Å². The van der Waals surface area contributed by atoms with Gasteiger partial charge in [-0.25, -0.2) is 0 Å². The molecular formula is C27H36O. The van der Waals surface area contributed by atoms with Crippen LogP contribution in [0.25, 0.3) is 16.8 Å². The van der Waals surface area contributed by atoms with Gasteiger partial charge in [-0.1, -0.05) is 87.8 Å². The van der Waals surface area contributed by atoms with E-state index in [9.17, 15) is 0 Å². The van der Waals surface area contributed by atoms with Crippen molar-refractivity contribution in [2.75, 3.05) is 6.61 Å². The lowest BCUT2D eigenvalue weighted by Crippen LogP contribution is -2.15. The Balaban J connectivity index is 1.51. The summed E-state index contributed by atoms with van der Waals surface area (Å²) in [5.41, 5.74) is 2.65. The summed E-state index contributed by atoms with van der Waals surface area (Å²) in [6.07, 6.45) is 19.9. The van der Waals surface area contributed by atoms with Crippen molar-refractivity contribution in [3.8, 4) is 5.75 Å². The van der Waals surface area contributed by atoms with E-state index in [-0.39, 0.29) is 0 Å². The quantitative estimate of drug-likeness (QED) is 0.495. The Morgan fingerprint density at radius 3 is 2.32 bits per heavy atom. The van der Waals surface area contributed by atoms with Gasteiger partial charge in [0.1, 0.15) is 5.75 Å². The Bertz CT molecular complexity index is 791. The van der Waals surface area contributed by atoms with Crippen molar-refractivity contribution >= 4 is 16.8 Å². The highest BCUT2D eigenvalue weighted by Gasteiger charge is 2.16. The van der Waals surface area contributed by atoms with Crippen LogP contribution in [0.4, 0.5) is 0 Å². The molecule has 2 fully saturated rings. The normalized spacial score (nSPS) is 19.5. The summed E-state index contributed by atoms with van der Waals surface area (Å²) < 4.78 is 6.37. The molecule has 0 unspecified atom stereocenters. The van der Waals surface area contributed by atoms with Gasteiger partial charge in [-0.3, -0.25) is 0 Å². The molecule has 2 aliphatic carbocycles. The summed E-state index contributed by atoms with van der Waals surface area (Å²) in [7, 11) is 0. The van der Waals surface area contributed by atoms with Gasteiger partial charge in [0.05, 0.1) is 6.61 Å². The second-order valence-electron chi connectivity index (χ2n) is 9.11. The second-order valence-corrected chi connectivity index (χ2v) is 9.11. The van der Waals surface area contributed by atoms with Crippen molar-refractivity contribution < 1.29 is 4.74 Å². The minimum absolute atomic E-state index is 0.739. The maximum atomic E-state index is 6.37. The van der Waals surface area contributed by atoms with E-state index in [2.05, 4.69) is 49.4 Å². The molecule has 0 atom stereocenters. The molecule has 0 amide bonds. The Kier molecular flexibility index (Phi) is 6.73. The summed E-state index contributed by atoms with van der Waals surface area (Å²) in [5, 5.41) is 2.64. The van der Waals surface area contributed by atoms with Gasteiger partial charge in [0.15, 0.2) is 0 Å². The molecule has 0 saturated heterocycles. The summed E-state index contributed by atoms with van der Waals surface area (Å²) in [6, 6.07) is 11.1. The van der Waals surface area contributed by atoms with Crippen LogP contribution in [0.5, 0.6) is 5.75 Å². The number of aryl methyl sites for hydroxylation is 1. The van der Waals surface area contributed by atoms with Gasteiger partial charge in [-0.05, 0) is 60.6 Å². The van der Waals surface area contributed by atoms with Gasteiger partial charge in [0.2, 0.25) is 0 Å². The van der Waals surface area contributed by atoms with Crippen molar-refractivity contribution in [2.24, 2.45) is 11.8 Å². The van der Waals surface area contributed by atoms with E-state index >= 15 is 0 Å². The third kappa shape index (κ3) is 4.80. The van der Waals surface area contributed by atoms with Gasteiger partial charge >= 0.3 is 0 Å². The first kappa shape index (κ1) is 19.6. The van der Waals surface area contributed by atoms with Crippen LogP contribution in [-0.4, -0.2) is 6.61 Å². The molecule has 28 heavy (non-hydrogen) atoms. The Labute approximate surface area is 171 Å². The van der Waals surface area contributed by atoms with Crippen molar-refractivity contribution in [1.82, 2.24) is 0 Å². The highest BCUT2D eigenvalue weighted by molar-refractivity contribution is 5.97. The molecule has 150 valence electrons. The standard InChI is InChI=1S/C27H36O/c1-21-18-19-24(15-8-14-22-10-4-2-5-11-22)25-16-9-17-26(27(21)25)28-20-23-12-6-3-7-13-23/h8-9,15-19,22-23H,2-7,10-14,20H2,1H3/b15-8-. The molecule has 0 aromatic heterocycles.